The molecule has 5 heteroatoms. The first-order valence-electron chi connectivity index (χ1n) is 8.65. The van der Waals surface area contributed by atoms with Gasteiger partial charge >= 0.3 is 5.97 Å². The van der Waals surface area contributed by atoms with Crippen LogP contribution in [0.4, 0.5) is 0 Å². The molecule has 0 aliphatic heterocycles. The lowest BCUT2D eigenvalue weighted by atomic mass is 9.82. The van der Waals surface area contributed by atoms with E-state index >= 15 is 0 Å². The highest BCUT2D eigenvalue weighted by Crippen LogP contribution is 2.31. The Bertz CT molecular complexity index is 735. The molecule has 0 atom stereocenters. The molecule has 0 fully saturated rings. The number of hydrogen-bond acceptors (Lipinski definition) is 4. The number of benzene rings is 2. The standard InChI is InChI=1S/C21H26O5/c1-5-21(2,3)15-9-11-16(12-10-15)25-13-14-26-19-17(20(22)23)7-6-8-18(19)24-4/h6-12H,5,13-14H2,1-4H3,(H,22,23). The Kier molecular flexibility index (Phi) is 6.50. The third kappa shape index (κ3) is 4.69. The Hall–Kier alpha value is -2.69. The van der Waals surface area contributed by atoms with Crippen LogP contribution in [0.3, 0.4) is 0 Å². The van der Waals surface area contributed by atoms with Gasteiger partial charge in [0.1, 0.15) is 24.5 Å². The molecule has 0 aliphatic rings. The average Bonchev–Trinajstić information content (AvgIpc) is 2.65. The van der Waals surface area contributed by atoms with Crippen LogP contribution in [0.25, 0.3) is 0 Å². The quantitative estimate of drug-likeness (QED) is 0.667. The second-order valence-electron chi connectivity index (χ2n) is 6.60. The SMILES string of the molecule is CCC(C)(C)c1ccc(OCCOc2c(OC)cccc2C(=O)O)cc1. The summed E-state index contributed by atoms with van der Waals surface area (Å²) in [6.07, 6.45) is 1.06. The smallest absolute Gasteiger partial charge is 0.339 e. The van der Waals surface area contributed by atoms with Crippen LogP contribution in [0, 0.1) is 0 Å². The summed E-state index contributed by atoms with van der Waals surface area (Å²) >= 11 is 0. The van der Waals surface area contributed by atoms with Gasteiger partial charge in [0.25, 0.3) is 0 Å². The van der Waals surface area contributed by atoms with Crippen molar-refractivity contribution in [2.45, 2.75) is 32.6 Å². The number of methoxy groups -OCH3 is 1. The molecule has 0 saturated heterocycles. The summed E-state index contributed by atoms with van der Waals surface area (Å²) < 4.78 is 16.5. The van der Waals surface area contributed by atoms with Crippen molar-refractivity contribution in [1.29, 1.82) is 0 Å². The van der Waals surface area contributed by atoms with E-state index in [2.05, 4.69) is 32.9 Å². The molecule has 0 radical (unpaired) electrons. The molecule has 0 unspecified atom stereocenters. The van der Waals surface area contributed by atoms with Crippen LogP contribution in [-0.2, 0) is 5.41 Å². The van der Waals surface area contributed by atoms with E-state index in [1.165, 1.54) is 18.7 Å². The first-order valence-corrected chi connectivity index (χ1v) is 8.65. The number of hydrogen-bond donors (Lipinski definition) is 1. The molecule has 0 saturated carbocycles. The largest absolute Gasteiger partial charge is 0.493 e. The van der Waals surface area contributed by atoms with Gasteiger partial charge in [-0.3, -0.25) is 0 Å². The van der Waals surface area contributed by atoms with Crippen LogP contribution in [0.15, 0.2) is 42.5 Å². The number of para-hydroxylation sites is 1. The van der Waals surface area contributed by atoms with Crippen LogP contribution in [0.1, 0.15) is 43.1 Å². The topological polar surface area (TPSA) is 65.0 Å². The normalized spacial score (nSPS) is 11.1. The lowest BCUT2D eigenvalue weighted by Crippen LogP contribution is -2.15. The monoisotopic (exact) mass is 358 g/mol. The molecule has 0 aromatic heterocycles. The summed E-state index contributed by atoms with van der Waals surface area (Å²) in [5.41, 5.74) is 1.47. The zero-order valence-electron chi connectivity index (χ0n) is 15.7. The summed E-state index contributed by atoms with van der Waals surface area (Å²) in [4.78, 5) is 11.3. The minimum absolute atomic E-state index is 0.0653. The molecule has 5 nitrogen and oxygen atoms in total. The number of ether oxygens (including phenoxy) is 3. The van der Waals surface area contributed by atoms with E-state index in [1.807, 2.05) is 12.1 Å². The third-order valence-corrected chi connectivity index (χ3v) is 4.55. The van der Waals surface area contributed by atoms with Gasteiger partial charge in [-0.2, -0.15) is 0 Å². The highest BCUT2D eigenvalue weighted by Gasteiger charge is 2.18. The van der Waals surface area contributed by atoms with Crippen LogP contribution in [0.5, 0.6) is 17.2 Å². The number of carboxylic acid groups (broad SMARTS) is 1. The van der Waals surface area contributed by atoms with E-state index < -0.39 is 5.97 Å². The van der Waals surface area contributed by atoms with E-state index in [-0.39, 0.29) is 23.3 Å². The Morgan fingerprint density at radius 3 is 2.27 bits per heavy atom. The Morgan fingerprint density at radius 1 is 1.04 bits per heavy atom. The van der Waals surface area contributed by atoms with E-state index in [0.29, 0.717) is 12.4 Å². The maximum Gasteiger partial charge on any atom is 0.339 e. The van der Waals surface area contributed by atoms with Crippen molar-refractivity contribution in [3.05, 3.63) is 53.6 Å². The average molecular weight is 358 g/mol. The minimum atomic E-state index is -1.06. The molecule has 0 bridgehead atoms. The first kappa shape index (κ1) is 19.6. The predicted octanol–water partition coefficient (Wildman–Crippen LogP) is 4.54. The fourth-order valence-corrected chi connectivity index (χ4v) is 2.50. The molecule has 0 heterocycles. The molecular formula is C21H26O5. The van der Waals surface area contributed by atoms with Gasteiger partial charge < -0.3 is 19.3 Å². The minimum Gasteiger partial charge on any atom is -0.493 e. The fourth-order valence-electron chi connectivity index (χ4n) is 2.50. The maximum absolute atomic E-state index is 11.3. The molecule has 0 spiro atoms. The summed E-state index contributed by atoms with van der Waals surface area (Å²) in [6.45, 7) is 7.11. The van der Waals surface area contributed by atoms with Crippen molar-refractivity contribution in [2.24, 2.45) is 0 Å². The summed E-state index contributed by atoms with van der Waals surface area (Å²) in [5.74, 6) is 0.291. The molecular weight excluding hydrogens is 332 g/mol. The number of rotatable bonds is 9. The van der Waals surface area contributed by atoms with Gasteiger partial charge in [-0.05, 0) is 41.7 Å². The van der Waals surface area contributed by atoms with Crippen LogP contribution < -0.4 is 14.2 Å². The van der Waals surface area contributed by atoms with E-state index in [4.69, 9.17) is 14.2 Å². The Morgan fingerprint density at radius 2 is 1.69 bits per heavy atom. The summed E-state index contributed by atoms with van der Waals surface area (Å²) in [6, 6.07) is 12.8. The molecule has 1 N–H and O–H groups in total. The van der Waals surface area contributed by atoms with Gasteiger partial charge in [0.15, 0.2) is 11.5 Å². The third-order valence-electron chi connectivity index (χ3n) is 4.55. The van der Waals surface area contributed by atoms with Crippen LogP contribution >= 0.6 is 0 Å². The van der Waals surface area contributed by atoms with Crippen molar-refractivity contribution < 1.29 is 24.1 Å². The molecule has 2 aromatic carbocycles. The zero-order valence-corrected chi connectivity index (χ0v) is 15.7. The predicted molar refractivity (Wildman–Crippen MR) is 101 cm³/mol. The van der Waals surface area contributed by atoms with Gasteiger partial charge in [0.2, 0.25) is 0 Å². The first-order chi connectivity index (χ1) is 12.4. The lowest BCUT2D eigenvalue weighted by molar-refractivity contribution is 0.0690. The number of aromatic carboxylic acids is 1. The molecule has 26 heavy (non-hydrogen) atoms. The Balaban J connectivity index is 1.94. The van der Waals surface area contributed by atoms with Gasteiger partial charge in [-0.15, -0.1) is 0 Å². The second-order valence-corrected chi connectivity index (χ2v) is 6.60. The number of carbonyl (C=O) groups is 1. The van der Waals surface area contributed by atoms with Crippen molar-refractivity contribution >= 4 is 5.97 Å². The molecule has 2 aromatic rings. The molecule has 0 aliphatic carbocycles. The van der Waals surface area contributed by atoms with Gasteiger partial charge in [-0.25, -0.2) is 4.79 Å². The van der Waals surface area contributed by atoms with Gasteiger partial charge in [0.05, 0.1) is 7.11 Å². The summed E-state index contributed by atoms with van der Waals surface area (Å²) in [5, 5.41) is 9.27. The van der Waals surface area contributed by atoms with E-state index in [0.717, 1.165) is 12.2 Å². The van der Waals surface area contributed by atoms with Crippen LogP contribution in [-0.4, -0.2) is 31.4 Å². The molecule has 140 valence electrons. The van der Waals surface area contributed by atoms with E-state index in [1.54, 1.807) is 12.1 Å². The second kappa shape index (κ2) is 8.61. The highest BCUT2D eigenvalue weighted by molar-refractivity contribution is 5.92. The lowest BCUT2D eigenvalue weighted by Gasteiger charge is -2.23. The van der Waals surface area contributed by atoms with Crippen LogP contribution in [0.2, 0.25) is 0 Å². The molecule has 0 amide bonds. The van der Waals surface area contributed by atoms with Crippen molar-refractivity contribution in [1.82, 2.24) is 0 Å². The fraction of sp³-hybridized carbons (Fsp3) is 0.381. The van der Waals surface area contributed by atoms with Crippen molar-refractivity contribution in [3.63, 3.8) is 0 Å². The molecule has 2 rings (SSSR count). The van der Waals surface area contributed by atoms with Gasteiger partial charge in [-0.1, -0.05) is 39.0 Å². The zero-order chi connectivity index (χ0) is 19.2. The van der Waals surface area contributed by atoms with Crippen molar-refractivity contribution in [2.75, 3.05) is 20.3 Å². The highest BCUT2D eigenvalue weighted by atomic mass is 16.5. The van der Waals surface area contributed by atoms with E-state index in [9.17, 15) is 9.90 Å². The Labute approximate surface area is 154 Å². The van der Waals surface area contributed by atoms with Crippen molar-refractivity contribution in [3.8, 4) is 17.2 Å². The van der Waals surface area contributed by atoms with Gasteiger partial charge in [0, 0.05) is 0 Å². The summed E-state index contributed by atoms with van der Waals surface area (Å²) in [7, 11) is 1.48. The number of carboxylic acids is 1. The maximum atomic E-state index is 11.3.